The lowest BCUT2D eigenvalue weighted by molar-refractivity contribution is -0.139. The van der Waals surface area contributed by atoms with Gasteiger partial charge in [0.25, 0.3) is 0 Å². The maximum absolute atomic E-state index is 12.4. The zero-order valence-electron chi connectivity index (χ0n) is 14.4. The molecule has 1 amide bonds. The van der Waals surface area contributed by atoms with Crippen LogP contribution in [0.5, 0.6) is 0 Å². The maximum atomic E-state index is 12.4. The summed E-state index contributed by atoms with van der Waals surface area (Å²) in [5, 5.41) is 7.75. The van der Waals surface area contributed by atoms with Gasteiger partial charge in [0.05, 0.1) is 11.4 Å². The second kappa shape index (κ2) is 6.14. The van der Waals surface area contributed by atoms with Gasteiger partial charge < -0.3 is 15.5 Å². The van der Waals surface area contributed by atoms with Gasteiger partial charge in [0.15, 0.2) is 0 Å². The van der Waals surface area contributed by atoms with Gasteiger partial charge in [0.2, 0.25) is 5.91 Å². The number of nitrogens with two attached hydrogens (primary N) is 1. The van der Waals surface area contributed by atoms with E-state index in [9.17, 15) is 4.79 Å². The Morgan fingerprint density at radius 1 is 1.04 bits per heavy atom. The number of piperazine rings is 1. The van der Waals surface area contributed by atoms with Crippen molar-refractivity contribution < 1.29 is 4.79 Å². The largest absolute Gasteiger partial charge is 0.399 e. The molecule has 0 bridgehead atoms. The molecule has 1 fully saturated rings. The molecule has 2 N–H and O–H groups in total. The van der Waals surface area contributed by atoms with Crippen LogP contribution in [0.15, 0.2) is 30.9 Å². The van der Waals surface area contributed by atoms with Crippen molar-refractivity contribution in [2.75, 3.05) is 36.8 Å². The van der Waals surface area contributed by atoms with Crippen LogP contribution in [-0.4, -0.2) is 51.8 Å². The Morgan fingerprint density at radius 3 is 2.25 bits per heavy atom. The van der Waals surface area contributed by atoms with Crippen molar-refractivity contribution in [3.05, 3.63) is 30.9 Å². The van der Waals surface area contributed by atoms with Crippen LogP contribution in [0, 0.1) is 5.41 Å². The molecule has 0 aliphatic carbocycles. The van der Waals surface area contributed by atoms with Gasteiger partial charge in [0.1, 0.15) is 12.7 Å². The van der Waals surface area contributed by atoms with Crippen molar-refractivity contribution in [2.24, 2.45) is 5.41 Å². The second-order valence-electron chi connectivity index (χ2n) is 7.15. The molecule has 1 aliphatic rings. The van der Waals surface area contributed by atoms with E-state index in [-0.39, 0.29) is 11.3 Å². The summed E-state index contributed by atoms with van der Waals surface area (Å²) in [4.78, 5) is 16.7. The predicted molar refractivity (Wildman–Crippen MR) is 94.0 cm³/mol. The molecular weight excluding hydrogens is 304 g/mol. The summed E-state index contributed by atoms with van der Waals surface area (Å²) in [6.45, 7) is 8.93. The van der Waals surface area contributed by atoms with Crippen LogP contribution in [0.2, 0.25) is 0 Å². The molecule has 7 heteroatoms. The fourth-order valence-electron chi connectivity index (χ4n) is 2.96. The number of hydrogen-bond donors (Lipinski definition) is 1. The number of aromatic nitrogens is 3. The summed E-state index contributed by atoms with van der Waals surface area (Å²) < 4.78 is 1.86. The molecule has 24 heavy (non-hydrogen) atoms. The average Bonchev–Trinajstić information content (AvgIpc) is 3.08. The first kappa shape index (κ1) is 16.3. The third kappa shape index (κ3) is 3.20. The molecule has 0 atom stereocenters. The van der Waals surface area contributed by atoms with E-state index in [0.29, 0.717) is 5.69 Å². The number of benzene rings is 1. The van der Waals surface area contributed by atoms with Gasteiger partial charge in [-0.3, -0.25) is 9.36 Å². The number of carbonyl (C=O) groups excluding carboxylic acids is 1. The molecule has 1 aromatic heterocycles. The molecule has 0 unspecified atom stereocenters. The van der Waals surface area contributed by atoms with Crippen molar-refractivity contribution in [3.63, 3.8) is 0 Å². The number of nitrogen functional groups attached to an aromatic ring is 1. The van der Waals surface area contributed by atoms with Gasteiger partial charge in [-0.2, -0.15) is 0 Å². The third-order valence-electron chi connectivity index (χ3n) is 4.25. The van der Waals surface area contributed by atoms with Gasteiger partial charge in [0, 0.05) is 37.3 Å². The van der Waals surface area contributed by atoms with Crippen molar-refractivity contribution in [3.8, 4) is 5.69 Å². The van der Waals surface area contributed by atoms with Crippen LogP contribution in [0.3, 0.4) is 0 Å². The highest BCUT2D eigenvalue weighted by Gasteiger charge is 2.30. The minimum absolute atomic E-state index is 0.207. The smallest absolute Gasteiger partial charge is 0.228 e. The molecular formula is C17H24N6O. The van der Waals surface area contributed by atoms with E-state index < -0.39 is 0 Å². The summed E-state index contributed by atoms with van der Waals surface area (Å²) in [5.74, 6) is 0.207. The van der Waals surface area contributed by atoms with E-state index in [1.807, 2.05) is 48.4 Å². The molecule has 1 saturated heterocycles. The van der Waals surface area contributed by atoms with E-state index in [4.69, 9.17) is 5.73 Å². The topological polar surface area (TPSA) is 80.3 Å². The quantitative estimate of drug-likeness (QED) is 0.846. The number of amides is 1. The Hall–Kier alpha value is -2.57. The Kier molecular flexibility index (Phi) is 4.17. The fourth-order valence-corrected chi connectivity index (χ4v) is 2.96. The molecule has 1 aliphatic heterocycles. The lowest BCUT2D eigenvalue weighted by Gasteiger charge is -2.39. The van der Waals surface area contributed by atoms with Crippen LogP contribution in [0.25, 0.3) is 5.69 Å². The van der Waals surface area contributed by atoms with E-state index in [1.165, 1.54) is 0 Å². The lowest BCUT2D eigenvalue weighted by Crippen LogP contribution is -2.51. The normalized spacial score (nSPS) is 15.6. The van der Waals surface area contributed by atoms with Gasteiger partial charge in [-0.15, -0.1) is 10.2 Å². The van der Waals surface area contributed by atoms with E-state index in [2.05, 4.69) is 15.1 Å². The molecule has 0 saturated carbocycles. The monoisotopic (exact) mass is 328 g/mol. The minimum Gasteiger partial charge on any atom is -0.399 e. The van der Waals surface area contributed by atoms with Gasteiger partial charge in [-0.05, 0) is 18.2 Å². The van der Waals surface area contributed by atoms with Gasteiger partial charge in [-0.25, -0.2) is 0 Å². The number of rotatable bonds is 2. The second-order valence-corrected chi connectivity index (χ2v) is 7.15. The fraction of sp³-hybridized carbons (Fsp3) is 0.471. The summed E-state index contributed by atoms with van der Waals surface area (Å²) in [5.41, 5.74) is 8.34. The average molecular weight is 328 g/mol. The zero-order chi connectivity index (χ0) is 17.3. The Morgan fingerprint density at radius 2 is 1.67 bits per heavy atom. The van der Waals surface area contributed by atoms with Crippen LogP contribution in [0.4, 0.5) is 11.4 Å². The Balaban J connectivity index is 1.79. The van der Waals surface area contributed by atoms with Crippen LogP contribution in [-0.2, 0) is 4.79 Å². The van der Waals surface area contributed by atoms with E-state index in [0.717, 1.165) is 37.6 Å². The van der Waals surface area contributed by atoms with Crippen LogP contribution < -0.4 is 10.6 Å². The summed E-state index contributed by atoms with van der Waals surface area (Å²) in [7, 11) is 0. The Bertz CT molecular complexity index is 711. The molecule has 3 rings (SSSR count). The molecule has 0 radical (unpaired) electrons. The number of hydrogen-bond acceptors (Lipinski definition) is 5. The van der Waals surface area contributed by atoms with Crippen molar-refractivity contribution >= 4 is 17.3 Å². The predicted octanol–water partition coefficient (Wildman–Crippen LogP) is 1.54. The van der Waals surface area contributed by atoms with Crippen LogP contribution in [0.1, 0.15) is 20.8 Å². The van der Waals surface area contributed by atoms with E-state index in [1.54, 1.807) is 12.7 Å². The Labute approximate surface area is 142 Å². The summed E-state index contributed by atoms with van der Waals surface area (Å²) >= 11 is 0. The highest BCUT2D eigenvalue weighted by Crippen LogP contribution is 2.28. The van der Waals surface area contributed by atoms with E-state index >= 15 is 0 Å². The van der Waals surface area contributed by atoms with Gasteiger partial charge >= 0.3 is 0 Å². The van der Waals surface area contributed by atoms with Crippen molar-refractivity contribution in [1.29, 1.82) is 0 Å². The summed E-state index contributed by atoms with van der Waals surface area (Å²) in [6.07, 6.45) is 3.33. The molecule has 0 spiro atoms. The first-order chi connectivity index (χ1) is 11.4. The zero-order valence-corrected chi connectivity index (χ0v) is 14.4. The first-order valence-electron chi connectivity index (χ1n) is 8.15. The summed E-state index contributed by atoms with van der Waals surface area (Å²) in [6, 6.07) is 5.84. The number of anilines is 2. The third-order valence-corrected chi connectivity index (χ3v) is 4.25. The molecule has 2 aromatic rings. The van der Waals surface area contributed by atoms with Gasteiger partial charge in [-0.1, -0.05) is 20.8 Å². The SMILES string of the molecule is CC(C)(C)C(=O)N1CCN(c2ccc(N)cc2-n2cnnc2)CC1. The molecule has 128 valence electrons. The van der Waals surface area contributed by atoms with Crippen molar-refractivity contribution in [1.82, 2.24) is 19.7 Å². The molecule has 7 nitrogen and oxygen atoms in total. The lowest BCUT2D eigenvalue weighted by atomic mass is 9.94. The molecule has 2 heterocycles. The number of nitrogens with zero attached hydrogens (tertiary/aromatic N) is 5. The first-order valence-corrected chi connectivity index (χ1v) is 8.15. The minimum atomic E-state index is -0.336. The highest BCUT2D eigenvalue weighted by atomic mass is 16.2. The molecule has 1 aromatic carbocycles. The van der Waals surface area contributed by atoms with Crippen LogP contribution >= 0.6 is 0 Å². The van der Waals surface area contributed by atoms with Crippen molar-refractivity contribution in [2.45, 2.75) is 20.8 Å². The highest BCUT2D eigenvalue weighted by molar-refractivity contribution is 5.82. The number of carbonyl (C=O) groups is 1. The maximum Gasteiger partial charge on any atom is 0.228 e. The standard InChI is InChI=1S/C17H24N6O/c1-17(2,3)16(24)22-8-6-21(7-9-22)14-5-4-13(18)10-15(14)23-11-19-20-12-23/h4-5,10-12H,6-9,18H2,1-3H3.